The minimum atomic E-state index is 0.0587. The van der Waals surface area contributed by atoms with Crippen LogP contribution in [0.3, 0.4) is 0 Å². The van der Waals surface area contributed by atoms with Crippen molar-refractivity contribution in [1.82, 2.24) is 4.90 Å². The molecule has 0 unspecified atom stereocenters. The Hall–Kier alpha value is -1.59. The third-order valence-corrected chi connectivity index (χ3v) is 6.81. The van der Waals surface area contributed by atoms with Crippen molar-refractivity contribution < 1.29 is 19.5 Å². The Morgan fingerprint density at radius 2 is 2.04 bits per heavy atom. The molecule has 27 heavy (non-hydrogen) atoms. The number of carbonyl (C=O) groups excluding carboxylic acids is 1. The van der Waals surface area contributed by atoms with Crippen molar-refractivity contribution in [2.45, 2.75) is 40.0 Å². The van der Waals surface area contributed by atoms with E-state index < -0.39 is 0 Å². The quantitative estimate of drug-likeness (QED) is 0.799. The van der Waals surface area contributed by atoms with Gasteiger partial charge < -0.3 is 19.6 Å². The van der Waals surface area contributed by atoms with Crippen LogP contribution in [0, 0.1) is 25.7 Å². The molecule has 0 radical (unpaired) electrons. The minimum Gasteiger partial charge on any atom is -0.496 e. The van der Waals surface area contributed by atoms with Crippen LogP contribution in [0.4, 0.5) is 0 Å². The predicted octanol–water partition coefficient (Wildman–Crippen LogP) is 0.772. The Morgan fingerprint density at radius 1 is 1.33 bits per heavy atom. The van der Waals surface area contributed by atoms with Gasteiger partial charge in [-0.3, -0.25) is 4.79 Å². The molecule has 0 bridgehead atoms. The van der Waals surface area contributed by atoms with Crippen LogP contribution in [0.1, 0.15) is 35.6 Å². The van der Waals surface area contributed by atoms with Gasteiger partial charge in [-0.2, -0.15) is 0 Å². The van der Waals surface area contributed by atoms with Gasteiger partial charge in [0.2, 0.25) is 5.91 Å². The number of nitrogens with zero attached hydrogens (tertiary/aromatic N) is 1. The number of aliphatic hydroxyl groups is 1. The van der Waals surface area contributed by atoms with Crippen LogP contribution in [0.15, 0.2) is 6.07 Å². The number of methoxy groups -OCH3 is 1. The van der Waals surface area contributed by atoms with E-state index >= 15 is 0 Å². The van der Waals surface area contributed by atoms with E-state index in [4.69, 9.17) is 9.84 Å². The molecular formula is C22H35N2O3+. The van der Waals surface area contributed by atoms with E-state index in [0.717, 1.165) is 57.7 Å². The van der Waals surface area contributed by atoms with Gasteiger partial charge in [-0.1, -0.05) is 6.92 Å². The molecule has 2 aliphatic rings. The molecule has 1 fully saturated rings. The standard InChI is InChI=1S/C22H34N2O3/c1-15-13-21(27-4)17(3)20-14-18(5-6-19(15)20)16(2)22(26)24-9-7-23(8-10-24)11-12-25/h13,16,18,25H,5-12,14H2,1-4H3/p+1/t16-,18+/m0/s1. The molecule has 1 aromatic rings. The van der Waals surface area contributed by atoms with Crippen LogP contribution in [0.5, 0.6) is 5.75 Å². The fraction of sp³-hybridized carbons (Fsp3) is 0.682. The zero-order valence-electron chi connectivity index (χ0n) is 17.3. The second kappa shape index (κ2) is 8.61. The summed E-state index contributed by atoms with van der Waals surface area (Å²) in [4.78, 5) is 16.5. The molecule has 150 valence electrons. The van der Waals surface area contributed by atoms with E-state index in [1.54, 1.807) is 7.11 Å². The first kappa shape index (κ1) is 20.2. The first-order valence-electron chi connectivity index (χ1n) is 10.3. The number of aryl methyl sites for hydroxylation is 1. The van der Waals surface area contributed by atoms with Crippen molar-refractivity contribution in [2.24, 2.45) is 11.8 Å². The third-order valence-electron chi connectivity index (χ3n) is 6.81. The van der Waals surface area contributed by atoms with Gasteiger partial charge in [0.1, 0.15) is 12.3 Å². The summed E-state index contributed by atoms with van der Waals surface area (Å²) < 4.78 is 5.56. The maximum Gasteiger partial charge on any atom is 0.226 e. The Balaban J connectivity index is 1.68. The number of carbonyl (C=O) groups is 1. The van der Waals surface area contributed by atoms with Gasteiger partial charge in [0.05, 0.1) is 39.9 Å². The second-order valence-corrected chi connectivity index (χ2v) is 8.32. The fourth-order valence-corrected chi connectivity index (χ4v) is 4.90. The Kier molecular flexibility index (Phi) is 6.43. The lowest BCUT2D eigenvalue weighted by atomic mass is 9.74. The zero-order chi connectivity index (χ0) is 19.6. The summed E-state index contributed by atoms with van der Waals surface area (Å²) in [7, 11) is 1.74. The zero-order valence-corrected chi connectivity index (χ0v) is 17.3. The lowest BCUT2D eigenvalue weighted by Gasteiger charge is -2.37. The van der Waals surface area contributed by atoms with Crippen molar-refractivity contribution in [2.75, 3.05) is 46.4 Å². The topological polar surface area (TPSA) is 54.2 Å². The number of nitrogens with one attached hydrogen (secondary N) is 1. The number of benzene rings is 1. The number of ether oxygens (including phenoxy) is 1. The first-order chi connectivity index (χ1) is 13.0. The molecule has 3 rings (SSSR count). The Bertz CT molecular complexity index is 681. The van der Waals surface area contributed by atoms with Gasteiger partial charge in [-0.15, -0.1) is 0 Å². The van der Waals surface area contributed by atoms with Crippen molar-refractivity contribution in [1.29, 1.82) is 0 Å². The van der Waals surface area contributed by atoms with Crippen LogP contribution in [0.25, 0.3) is 0 Å². The summed E-state index contributed by atoms with van der Waals surface area (Å²) in [5, 5.41) is 9.10. The summed E-state index contributed by atoms with van der Waals surface area (Å²) >= 11 is 0. The highest BCUT2D eigenvalue weighted by atomic mass is 16.5. The molecule has 1 aliphatic carbocycles. The number of piperazine rings is 1. The summed E-state index contributed by atoms with van der Waals surface area (Å²) in [6, 6.07) is 2.15. The summed E-state index contributed by atoms with van der Waals surface area (Å²) in [6.45, 7) is 11.0. The average molecular weight is 376 g/mol. The molecule has 0 saturated carbocycles. The molecule has 0 aromatic heterocycles. The number of quaternary nitrogens is 1. The third kappa shape index (κ3) is 4.14. The lowest BCUT2D eigenvalue weighted by molar-refractivity contribution is -0.904. The molecule has 2 atom stereocenters. The molecule has 2 N–H and O–H groups in total. The van der Waals surface area contributed by atoms with Crippen molar-refractivity contribution >= 4 is 5.91 Å². The van der Waals surface area contributed by atoms with Gasteiger partial charge in [0.25, 0.3) is 0 Å². The largest absolute Gasteiger partial charge is 0.496 e. The molecule has 1 saturated heterocycles. The van der Waals surface area contributed by atoms with Gasteiger partial charge >= 0.3 is 0 Å². The molecule has 5 nitrogen and oxygen atoms in total. The molecule has 1 heterocycles. The van der Waals surface area contributed by atoms with Crippen LogP contribution < -0.4 is 9.64 Å². The predicted molar refractivity (Wildman–Crippen MR) is 106 cm³/mol. The van der Waals surface area contributed by atoms with Crippen LogP contribution >= 0.6 is 0 Å². The number of rotatable bonds is 5. The number of fused-ring (bicyclic) bond motifs is 1. The summed E-state index contributed by atoms with van der Waals surface area (Å²) in [6.07, 6.45) is 3.12. The monoisotopic (exact) mass is 375 g/mol. The fourth-order valence-electron chi connectivity index (χ4n) is 4.90. The Labute approximate surface area is 163 Å². The number of hydrogen-bond donors (Lipinski definition) is 2. The number of aliphatic hydroxyl groups excluding tert-OH is 1. The van der Waals surface area contributed by atoms with Crippen LogP contribution in [-0.4, -0.2) is 62.4 Å². The highest BCUT2D eigenvalue weighted by Crippen LogP contribution is 2.37. The van der Waals surface area contributed by atoms with Gasteiger partial charge in [-0.05, 0) is 67.3 Å². The summed E-state index contributed by atoms with van der Waals surface area (Å²) in [5.41, 5.74) is 5.42. The smallest absolute Gasteiger partial charge is 0.226 e. The highest BCUT2D eigenvalue weighted by Gasteiger charge is 2.34. The molecule has 0 spiro atoms. The SMILES string of the molecule is COc1cc(C)c2c(c1C)C[C@H]([C@H](C)C(=O)N1CC[NH+](CCO)CC1)CC2. The van der Waals surface area contributed by atoms with Crippen LogP contribution in [-0.2, 0) is 17.6 Å². The maximum atomic E-state index is 13.1. The van der Waals surface area contributed by atoms with Crippen molar-refractivity contribution in [3.63, 3.8) is 0 Å². The van der Waals surface area contributed by atoms with Gasteiger partial charge in [-0.25, -0.2) is 0 Å². The molecule has 5 heteroatoms. The van der Waals surface area contributed by atoms with Crippen molar-refractivity contribution in [3.05, 3.63) is 28.3 Å². The maximum absolute atomic E-state index is 13.1. The van der Waals surface area contributed by atoms with Crippen LogP contribution in [0.2, 0.25) is 0 Å². The number of hydrogen-bond acceptors (Lipinski definition) is 3. The average Bonchev–Trinajstić information content (AvgIpc) is 2.70. The summed E-state index contributed by atoms with van der Waals surface area (Å²) in [5.74, 6) is 1.74. The van der Waals surface area contributed by atoms with Crippen molar-refractivity contribution in [3.8, 4) is 5.75 Å². The Morgan fingerprint density at radius 3 is 2.67 bits per heavy atom. The first-order valence-corrected chi connectivity index (χ1v) is 10.3. The second-order valence-electron chi connectivity index (χ2n) is 8.32. The van der Waals surface area contributed by atoms with E-state index in [1.807, 2.05) is 4.90 Å². The lowest BCUT2D eigenvalue weighted by Crippen LogP contribution is -3.15. The molecule has 1 amide bonds. The molecule has 1 aromatic carbocycles. The van der Waals surface area contributed by atoms with Gasteiger partial charge in [0, 0.05) is 5.92 Å². The van der Waals surface area contributed by atoms with E-state index in [-0.39, 0.29) is 12.5 Å². The molecule has 1 aliphatic heterocycles. The normalized spacial score (nSPS) is 21.7. The highest BCUT2D eigenvalue weighted by molar-refractivity contribution is 5.79. The van der Waals surface area contributed by atoms with E-state index in [0.29, 0.717) is 11.8 Å². The van der Waals surface area contributed by atoms with E-state index in [9.17, 15) is 4.79 Å². The molecular weight excluding hydrogens is 340 g/mol. The van der Waals surface area contributed by atoms with E-state index in [1.165, 1.54) is 27.2 Å². The van der Waals surface area contributed by atoms with E-state index in [2.05, 4.69) is 26.8 Å². The minimum absolute atomic E-state index is 0.0587. The van der Waals surface area contributed by atoms with Gasteiger partial charge in [0.15, 0.2) is 0 Å². The number of amides is 1.